The maximum atomic E-state index is 12.4. The number of rotatable bonds is 9. The van der Waals surface area contributed by atoms with Gasteiger partial charge in [0.15, 0.2) is 8.68 Å². The number of hydrogen-bond donors (Lipinski definition) is 1. The fourth-order valence-electron chi connectivity index (χ4n) is 1.70. The number of para-hydroxylation sites is 2. The van der Waals surface area contributed by atoms with Crippen molar-refractivity contribution in [2.24, 2.45) is 0 Å². The summed E-state index contributed by atoms with van der Waals surface area (Å²) in [5.41, 5.74) is 0.205. The Hall–Kier alpha value is -1.39. The van der Waals surface area contributed by atoms with Crippen molar-refractivity contribution in [1.29, 1.82) is 0 Å². The number of hydrogen-bond acceptors (Lipinski definition) is 7. The molecule has 1 amide bonds. The largest absolute Gasteiger partial charge is 0.433 e. The summed E-state index contributed by atoms with van der Waals surface area (Å²) in [6.07, 6.45) is 1.05. The summed E-state index contributed by atoms with van der Waals surface area (Å²) in [7, 11) is 0. The number of carbonyl (C=O) groups excluding carboxylic acids is 1. The van der Waals surface area contributed by atoms with Crippen LogP contribution in [0.4, 0.5) is 14.5 Å². The molecule has 0 saturated carbocycles. The summed E-state index contributed by atoms with van der Waals surface area (Å²) in [5.74, 6) is 0.571. The second-order valence-electron chi connectivity index (χ2n) is 4.81. The van der Waals surface area contributed by atoms with Gasteiger partial charge in [-0.1, -0.05) is 53.9 Å². The highest BCUT2D eigenvalue weighted by molar-refractivity contribution is 8.03. The van der Waals surface area contributed by atoms with Crippen LogP contribution in [0.5, 0.6) is 5.75 Å². The van der Waals surface area contributed by atoms with E-state index in [-0.39, 0.29) is 17.3 Å². The molecule has 1 heterocycles. The van der Waals surface area contributed by atoms with E-state index in [4.69, 9.17) is 0 Å². The van der Waals surface area contributed by atoms with Crippen LogP contribution in [0.15, 0.2) is 32.9 Å². The molecule has 0 radical (unpaired) electrons. The Bertz CT molecular complexity index is 700. The second-order valence-corrected chi connectivity index (χ2v) is 8.71. The minimum absolute atomic E-state index is 0.0720. The third kappa shape index (κ3) is 6.44. The van der Waals surface area contributed by atoms with Crippen LogP contribution in [0.3, 0.4) is 0 Å². The average Bonchev–Trinajstić information content (AvgIpc) is 3.01. The zero-order valence-corrected chi connectivity index (χ0v) is 16.0. The molecule has 1 aromatic heterocycles. The number of anilines is 1. The zero-order valence-electron chi connectivity index (χ0n) is 13.6. The molecule has 136 valence electrons. The molecule has 1 aromatic carbocycles. The molecule has 0 saturated heterocycles. The lowest BCUT2D eigenvalue weighted by Gasteiger charge is -2.14. The van der Waals surface area contributed by atoms with E-state index in [0.717, 1.165) is 16.5 Å². The first-order valence-corrected chi connectivity index (χ1v) is 10.2. The van der Waals surface area contributed by atoms with Crippen LogP contribution in [-0.4, -0.2) is 33.7 Å². The van der Waals surface area contributed by atoms with Crippen LogP contribution in [0.25, 0.3) is 0 Å². The molecule has 0 aliphatic carbocycles. The van der Waals surface area contributed by atoms with Crippen LogP contribution in [0.1, 0.15) is 20.3 Å². The average molecular weight is 406 g/mol. The highest BCUT2D eigenvalue weighted by Crippen LogP contribution is 2.32. The van der Waals surface area contributed by atoms with Crippen molar-refractivity contribution in [3.05, 3.63) is 24.3 Å². The molecule has 2 aromatic rings. The molecule has 0 fully saturated rings. The first kappa shape index (κ1) is 19.9. The first-order valence-electron chi connectivity index (χ1n) is 7.47. The van der Waals surface area contributed by atoms with Crippen molar-refractivity contribution in [1.82, 2.24) is 10.2 Å². The van der Waals surface area contributed by atoms with Gasteiger partial charge in [-0.15, -0.1) is 10.2 Å². The van der Waals surface area contributed by atoms with E-state index in [1.165, 1.54) is 35.2 Å². The number of nitrogens with one attached hydrogen (secondary N) is 1. The van der Waals surface area contributed by atoms with Crippen molar-refractivity contribution in [3.63, 3.8) is 0 Å². The van der Waals surface area contributed by atoms with E-state index >= 15 is 0 Å². The molecule has 2 rings (SSSR count). The van der Waals surface area contributed by atoms with E-state index in [1.807, 2.05) is 0 Å². The molecule has 25 heavy (non-hydrogen) atoms. The van der Waals surface area contributed by atoms with Crippen LogP contribution in [0.2, 0.25) is 0 Å². The molecule has 0 unspecified atom stereocenters. The van der Waals surface area contributed by atoms with E-state index < -0.39 is 11.9 Å². The number of halogens is 2. The molecule has 0 spiro atoms. The van der Waals surface area contributed by atoms with E-state index in [9.17, 15) is 13.6 Å². The van der Waals surface area contributed by atoms with Gasteiger partial charge in [0.25, 0.3) is 0 Å². The summed E-state index contributed by atoms with van der Waals surface area (Å²) >= 11 is 4.34. The topological polar surface area (TPSA) is 64.1 Å². The van der Waals surface area contributed by atoms with Gasteiger partial charge in [-0.25, -0.2) is 0 Å². The van der Waals surface area contributed by atoms with Gasteiger partial charge in [-0.3, -0.25) is 4.79 Å². The van der Waals surface area contributed by atoms with Gasteiger partial charge in [0.1, 0.15) is 5.75 Å². The molecular formula is C15H17F2N3O2S3. The number of carbonyl (C=O) groups is 1. The summed E-state index contributed by atoms with van der Waals surface area (Å²) in [6.45, 7) is 0.855. The van der Waals surface area contributed by atoms with Gasteiger partial charge in [-0.05, 0) is 25.5 Å². The van der Waals surface area contributed by atoms with Crippen LogP contribution < -0.4 is 10.1 Å². The minimum Gasteiger partial charge on any atom is -0.433 e. The van der Waals surface area contributed by atoms with E-state index in [1.54, 1.807) is 30.8 Å². The molecule has 0 aliphatic rings. The molecule has 0 bridgehead atoms. The fraction of sp³-hybridized carbons (Fsp3) is 0.400. The molecule has 1 N–H and O–H groups in total. The van der Waals surface area contributed by atoms with Gasteiger partial charge < -0.3 is 10.1 Å². The Morgan fingerprint density at radius 1 is 1.32 bits per heavy atom. The Labute approximate surface area is 156 Å². The predicted octanol–water partition coefficient (Wildman–Crippen LogP) is 4.76. The maximum Gasteiger partial charge on any atom is 0.387 e. The van der Waals surface area contributed by atoms with Gasteiger partial charge in [0.2, 0.25) is 5.91 Å². The minimum atomic E-state index is -2.95. The molecule has 0 aliphatic heterocycles. The molecule has 5 nitrogen and oxygen atoms in total. The highest BCUT2D eigenvalue weighted by atomic mass is 32.2. The van der Waals surface area contributed by atoms with Crippen LogP contribution in [0, 0.1) is 0 Å². The monoisotopic (exact) mass is 405 g/mol. The number of benzene rings is 1. The molecule has 10 heteroatoms. The highest BCUT2D eigenvalue weighted by Gasteiger charge is 2.19. The third-order valence-electron chi connectivity index (χ3n) is 2.83. The number of amides is 1. The van der Waals surface area contributed by atoms with Gasteiger partial charge in [0, 0.05) is 5.75 Å². The van der Waals surface area contributed by atoms with Crippen LogP contribution >= 0.6 is 34.9 Å². The molecule has 1 atom stereocenters. The van der Waals surface area contributed by atoms with Gasteiger partial charge in [-0.2, -0.15) is 8.78 Å². The summed E-state index contributed by atoms with van der Waals surface area (Å²) in [5, 5.41) is 10.3. The van der Waals surface area contributed by atoms with Crippen LogP contribution in [-0.2, 0) is 4.79 Å². The lowest BCUT2D eigenvalue weighted by atomic mass is 10.3. The summed E-state index contributed by atoms with van der Waals surface area (Å²) in [6, 6.07) is 6.08. The van der Waals surface area contributed by atoms with E-state index in [0.29, 0.717) is 4.34 Å². The Morgan fingerprint density at radius 3 is 2.76 bits per heavy atom. The smallest absolute Gasteiger partial charge is 0.387 e. The van der Waals surface area contributed by atoms with Crippen molar-refractivity contribution in [2.75, 3.05) is 11.1 Å². The van der Waals surface area contributed by atoms with Gasteiger partial charge >= 0.3 is 6.61 Å². The Balaban J connectivity index is 1.95. The lowest BCUT2D eigenvalue weighted by molar-refractivity contribution is -0.115. The Morgan fingerprint density at radius 2 is 2.04 bits per heavy atom. The SMILES string of the molecule is CCCSc1nnc(S[C@H](C)C(=O)Nc2ccccc2OC(F)F)s1. The summed E-state index contributed by atoms with van der Waals surface area (Å²) < 4.78 is 30.8. The van der Waals surface area contributed by atoms with Crippen molar-refractivity contribution in [2.45, 2.75) is 40.8 Å². The number of thioether (sulfide) groups is 2. The van der Waals surface area contributed by atoms with Crippen molar-refractivity contribution < 1.29 is 18.3 Å². The van der Waals surface area contributed by atoms with Gasteiger partial charge in [0.05, 0.1) is 10.9 Å². The number of nitrogens with zero attached hydrogens (tertiary/aromatic N) is 2. The predicted molar refractivity (Wildman–Crippen MR) is 97.9 cm³/mol. The normalized spacial score (nSPS) is 12.2. The molecular weight excluding hydrogens is 388 g/mol. The fourth-order valence-corrected chi connectivity index (χ4v) is 4.79. The number of alkyl halides is 2. The van der Waals surface area contributed by atoms with E-state index in [2.05, 4.69) is 27.2 Å². The maximum absolute atomic E-state index is 12.4. The first-order chi connectivity index (χ1) is 12.0. The lowest BCUT2D eigenvalue weighted by Crippen LogP contribution is -2.23. The standard InChI is InChI=1S/C15H17F2N3O2S3/c1-3-8-23-14-19-20-15(25-14)24-9(2)12(21)18-10-6-4-5-7-11(10)22-13(16)17/h4-7,9,13H,3,8H2,1-2H3,(H,18,21)/t9-/m1/s1. The van der Waals surface area contributed by atoms with Crippen molar-refractivity contribution in [3.8, 4) is 5.75 Å². The summed E-state index contributed by atoms with van der Waals surface area (Å²) in [4.78, 5) is 12.3. The second kappa shape index (κ2) is 9.93. The number of ether oxygens (including phenoxy) is 1. The van der Waals surface area contributed by atoms with Crippen molar-refractivity contribution >= 4 is 46.5 Å². The Kier molecular flexibility index (Phi) is 7.91. The zero-order chi connectivity index (χ0) is 18.2. The number of aromatic nitrogens is 2. The quantitative estimate of drug-likeness (QED) is 0.607. The third-order valence-corrected chi connectivity index (χ3v) is 6.27.